The van der Waals surface area contributed by atoms with E-state index in [4.69, 9.17) is 4.42 Å². The third-order valence-electron chi connectivity index (χ3n) is 2.71. The molecule has 0 radical (unpaired) electrons. The zero-order chi connectivity index (χ0) is 12.8. The first-order chi connectivity index (χ1) is 8.81. The van der Waals surface area contributed by atoms with Crippen LogP contribution in [-0.2, 0) is 0 Å². The van der Waals surface area contributed by atoms with Crippen LogP contribution in [0.4, 0.5) is 4.39 Å². The minimum Gasteiger partial charge on any atom is -0.454 e. The third-order valence-corrected chi connectivity index (χ3v) is 2.71. The summed E-state index contributed by atoms with van der Waals surface area (Å²) < 4.78 is 18.8. The van der Waals surface area contributed by atoms with Gasteiger partial charge in [-0.15, -0.1) is 0 Å². The number of furan rings is 1. The van der Waals surface area contributed by atoms with E-state index in [-0.39, 0.29) is 5.82 Å². The largest absolute Gasteiger partial charge is 0.454 e. The lowest BCUT2D eigenvalue weighted by Gasteiger charge is -1.97. The molecule has 0 amide bonds. The smallest absolute Gasteiger partial charge is 0.170 e. The van der Waals surface area contributed by atoms with Crippen molar-refractivity contribution < 1.29 is 8.81 Å². The van der Waals surface area contributed by atoms with Gasteiger partial charge in [0.15, 0.2) is 11.4 Å². The van der Waals surface area contributed by atoms with Crippen LogP contribution >= 0.6 is 0 Å². The summed E-state index contributed by atoms with van der Waals surface area (Å²) in [6, 6.07) is 6.81. The van der Waals surface area contributed by atoms with Gasteiger partial charge in [0.1, 0.15) is 5.76 Å². The first-order valence-electron chi connectivity index (χ1n) is 6.36. The molecule has 3 heteroatoms. The number of nitrogens with one attached hydrogen (secondary N) is 1. The average molecular weight is 247 g/mol. The van der Waals surface area contributed by atoms with E-state index in [2.05, 4.69) is 12.2 Å². The summed E-state index contributed by atoms with van der Waals surface area (Å²) in [6.07, 6.45) is 6.03. The molecule has 0 saturated carbocycles. The van der Waals surface area contributed by atoms with Gasteiger partial charge >= 0.3 is 0 Å². The Balaban J connectivity index is 1.95. The van der Waals surface area contributed by atoms with Crippen molar-refractivity contribution in [2.75, 3.05) is 13.1 Å². The van der Waals surface area contributed by atoms with E-state index in [9.17, 15) is 4.39 Å². The molecule has 2 rings (SSSR count). The second-order valence-electron chi connectivity index (χ2n) is 4.25. The van der Waals surface area contributed by atoms with Crippen molar-refractivity contribution in [3.63, 3.8) is 0 Å². The predicted molar refractivity (Wildman–Crippen MR) is 73.0 cm³/mol. The Morgan fingerprint density at radius 3 is 3.00 bits per heavy atom. The molecule has 0 aliphatic heterocycles. The van der Waals surface area contributed by atoms with Crippen molar-refractivity contribution in [2.24, 2.45) is 0 Å². The van der Waals surface area contributed by atoms with Gasteiger partial charge in [0.25, 0.3) is 0 Å². The van der Waals surface area contributed by atoms with Gasteiger partial charge in [0.2, 0.25) is 0 Å². The summed E-state index contributed by atoms with van der Waals surface area (Å²) in [5.41, 5.74) is 0.334. The molecule has 1 aromatic carbocycles. The maximum atomic E-state index is 13.4. The van der Waals surface area contributed by atoms with Crippen LogP contribution in [0.3, 0.4) is 0 Å². The zero-order valence-corrected chi connectivity index (χ0v) is 10.6. The topological polar surface area (TPSA) is 25.2 Å². The Hall–Kier alpha value is -1.61. The third kappa shape index (κ3) is 3.20. The van der Waals surface area contributed by atoms with Crippen LogP contribution in [-0.4, -0.2) is 13.1 Å². The number of benzene rings is 1. The van der Waals surface area contributed by atoms with Crippen LogP contribution < -0.4 is 5.32 Å². The molecular weight excluding hydrogens is 229 g/mol. The number of hydrogen-bond acceptors (Lipinski definition) is 2. The standard InChI is InChI=1S/C15H18FNO/c1-2-9-17-10-4-3-7-13-11-12-6-5-8-14(16)15(12)18-13/h3,5-8,11,17H,2,4,9-10H2,1H3/b7-3+. The lowest BCUT2D eigenvalue weighted by Crippen LogP contribution is -2.14. The molecule has 0 fully saturated rings. The Labute approximate surface area is 106 Å². The Morgan fingerprint density at radius 1 is 1.33 bits per heavy atom. The van der Waals surface area contributed by atoms with Crippen LogP contribution in [0.25, 0.3) is 17.0 Å². The van der Waals surface area contributed by atoms with Gasteiger partial charge in [-0.2, -0.15) is 0 Å². The lowest BCUT2D eigenvalue weighted by atomic mass is 10.2. The number of halogens is 1. The monoisotopic (exact) mass is 247 g/mol. The van der Waals surface area contributed by atoms with Gasteiger partial charge < -0.3 is 9.73 Å². The molecule has 1 N–H and O–H groups in total. The van der Waals surface area contributed by atoms with E-state index in [1.807, 2.05) is 24.3 Å². The fourth-order valence-electron chi connectivity index (χ4n) is 1.82. The first kappa shape index (κ1) is 12.8. The van der Waals surface area contributed by atoms with E-state index < -0.39 is 0 Å². The molecule has 0 atom stereocenters. The van der Waals surface area contributed by atoms with E-state index in [0.717, 1.165) is 31.3 Å². The molecule has 18 heavy (non-hydrogen) atoms. The average Bonchev–Trinajstić information content (AvgIpc) is 2.78. The molecule has 0 spiro atoms. The highest BCUT2D eigenvalue weighted by molar-refractivity contribution is 5.80. The van der Waals surface area contributed by atoms with Crippen LogP contribution in [0.15, 0.2) is 34.8 Å². The van der Waals surface area contributed by atoms with Crippen LogP contribution in [0.1, 0.15) is 25.5 Å². The van der Waals surface area contributed by atoms with Gasteiger partial charge in [-0.3, -0.25) is 0 Å². The minimum atomic E-state index is -0.309. The number of para-hydroxylation sites is 1. The Kier molecular flexibility index (Phi) is 4.53. The minimum absolute atomic E-state index is 0.309. The van der Waals surface area contributed by atoms with E-state index in [1.165, 1.54) is 6.07 Å². The molecule has 0 saturated heterocycles. The molecule has 96 valence electrons. The molecule has 0 aliphatic carbocycles. The van der Waals surface area contributed by atoms with Gasteiger partial charge in [0, 0.05) is 5.39 Å². The van der Waals surface area contributed by atoms with Crippen LogP contribution in [0.2, 0.25) is 0 Å². The molecule has 2 aromatic rings. The van der Waals surface area contributed by atoms with Crippen LogP contribution in [0, 0.1) is 5.82 Å². The summed E-state index contributed by atoms with van der Waals surface area (Å²) in [5, 5.41) is 4.12. The van der Waals surface area contributed by atoms with Crippen LogP contribution in [0.5, 0.6) is 0 Å². The molecule has 1 aromatic heterocycles. The van der Waals surface area contributed by atoms with E-state index in [0.29, 0.717) is 11.3 Å². The number of fused-ring (bicyclic) bond motifs is 1. The lowest BCUT2D eigenvalue weighted by molar-refractivity contribution is 0.554. The van der Waals surface area contributed by atoms with Crippen molar-refractivity contribution in [1.29, 1.82) is 0 Å². The highest BCUT2D eigenvalue weighted by atomic mass is 19.1. The maximum absolute atomic E-state index is 13.4. The van der Waals surface area contributed by atoms with Gasteiger partial charge in [0.05, 0.1) is 0 Å². The molecule has 0 unspecified atom stereocenters. The van der Waals surface area contributed by atoms with Crippen molar-refractivity contribution in [2.45, 2.75) is 19.8 Å². The van der Waals surface area contributed by atoms with Gasteiger partial charge in [-0.25, -0.2) is 4.39 Å². The van der Waals surface area contributed by atoms with Crippen molar-refractivity contribution in [3.8, 4) is 0 Å². The summed E-state index contributed by atoms with van der Waals surface area (Å²) >= 11 is 0. The molecule has 2 nitrogen and oxygen atoms in total. The summed E-state index contributed by atoms with van der Waals surface area (Å²) in [7, 11) is 0. The Morgan fingerprint density at radius 2 is 2.22 bits per heavy atom. The van der Waals surface area contributed by atoms with Crippen molar-refractivity contribution >= 4 is 17.0 Å². The highest BCUT2D eigenvalue weighted by Crippen LogP contribution is 2.22. The first-order valence-corrected chi connectivity index (χ1v) is 6.36. The summed E-state index contributed by atoms with van der Waals surface area (Å²) in [4.78, 5) is 0. The normalized spacial score (nSPS) is 11.7. The SMILES string of the molecule is CCCNCC/C=C/c1cc2cccc(F)c2o1. The molecular formula is C15H18FNO. The van der Waals surface area contributed by atoms with Crippen molar-refractivity contribution in [1.82, 2.24) is 5.32 Å². The Bertz CT molecular complexity index is 530. The maximum Gasteiger partial charge on any atom is 0.170 e. The highest BCUT2D eigenvalue weighted by Gasteiger charge is 2.05. The fraction of sp³-hybridized carbons (Fsp3) is 0.333. The second-order valence-corrected chi connectivity index (χ2v) is 4.25. The summed E-state index contributed by atoms with van der Waals surface area (Å²) in [6.45, 7) is 4.15. The van der Waals surface area contributed by atoms with Crippen molar-refractivity contribution in [3.05, 3.63) is 41.9 Å². The fourth-order valence-corrected chi connectivity index (χ4v) is 1.82. The molecule has 0 aliphatic rings. The zero-order valence-electron chi connectivity index (χ0n) is 10.6. The predicted octanol–water partition coefficient (Wildman–Crippen LogP) is 3.97. The molecule has 0 bridgehead atoms. The second kappa shape index (κ2) is 6.36. The van der Waals surface area contributed by atoms with E-state index >= 15 is 0 Å². The van der Waals surface area contributed by atoms with Gasteiger partial charge in [-0.05, 0) is 44.1 Å². The van der Waals surface area contributed by atoms with E-state index in [1.54, 1.807) is 6.07 Å². The summed E-state index contributed by atoms with van der Waals surface area (Å²) in [5.74, 6) is 0.391. The molecule has 1 heterocycles. The number of hydrogen-bond donors (Lipinski definition) is 1. The number of rotatable bonds is 6. The van der Waals surface area contributed by atoms with Gasteiger partial charge in [-0.1, -0.05) is 25.1 Å². The quantitative estimate of drug-likeness (QED) is 0.781.